The lowest BCUT2D eigenvalue weighted by molar-refractivity contribution is -0.185. The van der Waals surface area contributed by atoms with Gasteiger partial charge >= 0.3 is 11.9 Å². The van der Waals surface area contributed by atoms with E-state index in [-0.39, 0.29) is 11.9 Å². The lowest BCUT2D eigenvalue weighted by atomic mass is 9.85. The van der Waals surface area contributed by atoms with Gasteiger partial charge in [-0.3, -0.25) is 4.79 Å². The highest BCUT2D eigenvalue weighted by Crippen LogP contribution is 2.46. The van der Waals surface area contributed by atoms with Crippen LogP contribution in [-0.4, -0.2) is 42.8 Å². The van der Waals surface area contributed by atoms with Gasteiger partial charge in [0.15, 0.2) is 11.4 Å². The van der Waals surface area contributed by atoms with Crippen LogP contribution in [0.3, 0.4) is 0 Å². The Balaban J connectivity index is 2.18. The van der Waals surface area contributed by atoms with Crippen molar-refractivity contribution < 1.29 is 23.9 Å². The number of rotatable bonds is 5. The smallest absolute Gasteiger partial charge is 0.343 e. The second kappa shape index (κ2) is 8.28. The summed E-state index contributed by atoms with van der Waals surface area (Å²) in [5.41, 5.74) is 3.49. The summed E-state index contributed by atoms with van der Waals surface area (Å²) >= 11 is 0. The Morgan fingerprint density at radius 3 is 2.45 bits per heavy atom. The largest absolute Gasteiger partial charge is 0.447 e. The number of benzene rings is 1. The SMILES string of the molecule is CCc1cc(C)cc(C)c1C1=C(OC(=O)C(C)C)C2(CCN(OC)CC2)OC1=O. The Morgan fingerprint density at radius 1 is 1.24 bits per heavy atom. The van der Waals surface area contributed by atoms with Crippen molar-refractivity contribution in [3.63, 3.8) is 0 Å². The maximum absolute atomic E-state index is 13.2. The lowest BCUT2D eigenvalue weighted by Crippen LogP contribution is -2.46. The molecule has 3 rings (SSSR count). The molecule has 6 heteroatoms. The molecule has 1 aromatic carbocycles. The molecule has 0 aromatic heterocycles. The van der Waals surface area contributed by atoms with E-state index in [4.69, 9.17) is 14.3 Å². The van der Waals surface area contributed by atoms with E-state index in [9.17, 15) is 9.59 Å². The van der Waals surface area contributed by atoms with Crippen LogP contribution in [0.5, 0.6) is 0 Å². The standard InChI is InChI=1S/C23H31NO5/c1-7-17-13-15(4)12-16(5)18(17)19-20(28-21(25)14(2)3)23(29-22(19)26)8-10-24(27-6)11-9-23/h12-14H,7-11H2,1-6H3. The fourth-order valence-electron chi connectivity index (χ4n) is 4.22. The summed E-state index contributed by atoms with van der Waals surface area (Å²) in [6.45, 7) is 10.8. The van der Waals surface area contributed by atoms with E-state index in [0.717, 1.165) is 28.7 Å². The van der Waals surface area contributed by atoms with Crippen molar-refractivity contribution in [3.05, 3.63) is 40.1 Å². The molecule has 0 radical (unpaired) electrons. The average molecular weight is 402 g/mol. The van der Waals surface area contributed by atoms with Gasteiger partial charge in [0.2, 0.25) is 0 Å². The molecule has 29 heavy (non-hydrogen) atoms. The average Bonchev–Trinajstić information content (AvgIpc) is 2.92. The molecular weight excluding hydrogens is 370 g/mol. The Labute approximate surface area is 172 Å². The lowest BCUT2D eigenvalue weighted by Gasteiger charge is -2.37. The van der Waals surface area contributed by atoms with E-state index < -0.39 is 11.6 Å². The van der Waals surface area contributed by atoms with Gasteiger partial charge in [-0.2, -0.15) is 5.06 Å². The normalized spacial score (nSPS) is 19.2. The zero-order valence-electron chi connectivity index (χ0n) is 18.3. The van der Waals surface area contributed by atoms with Gasteiger partial charge in [-0.15, -0.1) is 0 Å². The van der Waals surface area contributed by atoms with Crippen LogP contribution in [0.4, 0.5) is 0 Å². The fraction of sp³-hybridized carbons (Fsp3) is 0.565. The van der Waals surface area contributed by atoms with E-state index in [2.05, 4.69) is 19.1 Å². The van der Waals surface area contributed by atoms with Crippen molar-refractivity contribution in [2.24, 2.45) is 5.92 Å². The third kappa shape index (κ3) is 3.96. The molecule has 1 spiro atoms. The molecule has 2 aliphatic heterocycles. The van der Waals surface area contributed by atoms with Gasteiger partial charge in [-0.05, 0) is 37.0 Å². The topological polar surface area (TPSA) is 65.1 Å². The molecule has 1 saturated heterocycles. The summed E-state index contributed by atoms with van der Waals surface area (Å²) in [5, 5.41) is 1.83. The minimum Gasteiger partial charge on any atom is -0.447 e. The molecule has 158 valence electrons. The number of ether oxygens (including phenoxy) is 2. The molecular formula is C23H31NO5. The zero-order chi connectivity index (χ0) is 21.3. The molecule has 6 nitrogen and oxygen atoms in total. The number of carbonyl (C=O) groups is 2. The van der Waals surface area contributed by atoms with E-state index in [1.54, 1.807) is 21.0 Å². The highest BCUT2D eigenvalue weighted by Gasteiger charge is 2.53. The number of esters is 2. The molecule has 1 aromatic rings. The maximum atomic E-state index is 13.2. The van der Waals surface area contributed by atoms with Gasteiger partial charge in [-0.1, -0.05) is 38.5 Å². The first kappa shape index (κ1) is 21.5. The Kier molecular flexibility index (Phi) is 6.15. The Bertz CT molecular complexity index is 847. The number of hydrogen-bond donors (Lipinski definition) is 0. The van der Waals surface area contributed by atoms with Crippen LogP contribution < -0.4 is 0 Å². The first-order valence-electron chi connectivity index (χ1n) is 10.3. The number of aryl methyl sites for hydroxylation is 3. The maximum Gasteiger partial charge on any atom is 0.343 e. The minimum atomic E-state index is -0.922. The van der Waals surface area contributed by atoms with E-state index >= 15 is 0 Å². The zero-order valence-corrected chi connectivity index (χ0v) is 18.3. The van der Waals surface area contributed by atoms with Gasteiger partial charge in [0.05, 0.1) is 13.0 Å². The monoisotopic (exact) mass is 401 g/mol. The molecule has 0 saturated carbocycles. The fourth-order valence-corrected chi connectivity index (χ4v) is 4.22. The number of hydroxylamine groups is 2. The van der Waals surface area contributed by atoms with E-state index in [1.165, 1.54) is 0 Å². The van der Waals surface area contributed by atoms with Gasteiger partial charge in [-0.25, -0.2) is 4.79 Å². The summed E-state index contributed by atoms with van der Waals surface area (Å²) in [7, 11) is 1.63. The number of piperidine rings is 1. The molecule has 0 unspecified atom stereocenters. The van der Waals surface area contributed by atoms with Gasteiger partial charge in [0, 0.05) is 25.9 Å². The van der Waals surface area contributed by atoms with Crippen molar-refractivity contribution in [1.29, 1.82) is 0 Å². The predicted octanol–water partition coefficient (Wildman–Crippen LogP) is 3.73. The van der Waals surface area contributed by atoms with Crippen LogP contribution in [0.25, 0.3) is 5.57 Å². The molecule has 0 amide bonds. The summed E-state index contributed by atoms with van der Waals surface area (Å²) in [6.07, 6.45) is 1.80. The summed E-state index contributed by atoms with van der Waals surface area (Å²) in [5.74, 6) is -0.699. The Hall–Kier alpha value is -2.18. The van der Waals surface area contributed by atoms with E-state index in [1.807, 2.05) is 18.9 Å². The summed E-state index contributed by atoms with van der Waals surface area (Å²) in [6, 6.07) is 4.14. The molecule has 2 heterocycles. The number of carbonyl (C=O) groups excluding carboxylic acids is 2. The summed E-state index contributed by atoms with van der Waals surface area (Å²) < 4.78 is 11.8. The number of hydrogen-bond acceptors (Lipinski definition) is 6. The molecule has 1 fully saturated rings. The van der Waals surface area contributed by atoms with Crippen molar-refractivity contribution >= 4 is 17.5 Å². The highest BCUT2D eigenvalue weighted by molar-refractivity contribution is 6.21. The van der Waals surface area contributed by atoms with Crippen molar-refractivity contribution in [2.75, 3.05) is 20.2 Å². The second-order valence-corrected chi connectivity index (χ2v) is 8.24. The van der Waals surface area contributed by atoms with Crippen LogP contribution >= 0.6 is 0 Å². The predicted molar refractivity (Wildman–Crippen MR) is 110 cm³/mol. The van der Waals surface area contributed by atoms with Gasteiger partial charge in [0.25, 0.3) is 0 Å². The first-order valence-corrected chi connectivity index (χ1v) is 10.3. The molecule has 0 N–H and O–H groups in total. The van der Waals surface area contributed by atoms with Gasteiger partial charge in [0.1, 0.15) is 5.57 Å². The highest BCUT2D eigenvalue weighted by atomic mass is 16.7. The molecule has 0 bridgehead atoms. The van der Waals surface area contributed by atoms with Crippen molar-refractivity contribution in [1.82, 2.24) is 5.06 Å². The summed E-state index contributed by atoms with van der Waals surface area (Å²) in [4.78, 5) is 31.0. The van der Waals surface area contributed by atoms with E-state index in [0.29, 0.717) is 37.3 Å². The second-order valence-electron chi connectivity index (χ2n) is 8.24. The van der Waals surface area contributed by atoms with Crippen LogP contribution in [0, 0.1) is 19.8 Å². The third-order valence-corrected chi connectivity index (χ3v) is 5.79. The number of nitrogens with zero attached hydrogens (tertiary/aromatic N) is 1. The van der Waals surface area contributed by atoms with Gasteiger partial charge < -0.3 is 14.3 Å². The molecule has 0 atom stereocenters. The Morgan fingerprint density at radius 2 is 1.90 bits per heavy atom. The molecule has 0 aliphatic carbocycles. The van der Waals surface area contributed by atoms with Crippen LogP contribution in [0.1, 0.15) is 55.9 Å². The van der Waals surface area contributed by atoms with Crippen LogP contribution in [-0.2, 0) is 30.3 Å². The van der Waals surface area contributed by atoms with Crippen LogP contribution in [0.2, 0.25) is 0 Å². The van der Waals surface area contributed by atoms with Crippen LogP contribution in [0.15, 0.2) is 17.9 Å². The third-order valence-electron chi connectivity index (χ3n) is 5.79. The first-order chi connectivity index (χ1) is 13.7. The van der Waals surface area contributed by atoms with Crippen molar-refractivity contribution in [2.45, 2.75) is 59.5 Å². The molecule has 2 aliphatic rings. The minimum absolute atomic E-state index is 0.305. The van der Waals surface area contributed by atoms with Crippen molar-refractivity contribution in [3.8, 4) is 0 Å². The quantitative estimate of drug-likeness (QED) is 0.701.